The highest BCUT2D eigenvalue weighted by molar-refractivity contribution is 5.71. The van der Waals surface area contributed by atoms with Gasteiger partial charge in [-0.25, -0.2) is 9.97 Å². The first-order valence-corrected chi connectivity index (χ1v) is 8.05. The van der Waals surface area contributed by atoms with Crippen molar-refractivity contribution in [2.75, 3.05) is 13.1 Å². The quantitative estimate of drug-likeness (QED) is 0.864. The molecule has 2 aromatic heterocycles. The molecular formula is C17H26N4. The van der Waals surface area contributed by atoms with Crippen LogP contribution in [0.1, 0.15) is 52.5 Å². The van der Waals surface area contributed by atoms with Gasteiger partial charge in [0.1, 0.15) is 11.3 Å². The molecule has 1 aliphatic heterocycles. The second-order valence-corrected chi connectivity index (χ2v) is 7.23. The first kappa shape index (κ1) is 14.5. The fourth-order valence-corrected chi connectivity index (χ4v) is 3.36. The van der Waals surface area contributed by atoms with E-state index in [1.165, 1.54) is 25.2 Å². The molecular weight excluding hydrogens is 260 g/mol. The van der Waals surface area contributed by atoms with Gasteiger partial charge in [0.25, 0.3) is 0 Å². The predicted molar refractivity (Wildman–Crippen MR) is 86.2 cm³/mol. The Morgan fingerprint density at radius 2 is 2.14 bits per heavy atom. The first-order valence-electron chi connectivity index (χ1n) is 8.05. The summed E-state index contributed by atoms with van der Waals surface area (Å²) in [6.45, 7) is 11.3. The summed E-state index contributed by atoms with van der Waals surface area (Å²) in [6.07, 6.45) is 5.75. The second kappa shape index (κ2) is 5.41. The Kier molecular flexibility index (Phi) is 3.74. The maximum Gasteiger partial charge on any atom is 0.161 e. The molecule has 0 bridgehead atoms. The fourth-order valence-electron chi connectivity index (χ4n) is 3.36. The van der Waals surface area contributed by atoms with Crippen LogP contribution in [-0.4, -0.2) is 32.5 Å². The van der Waals surface area contributed by atoms with Crippen molar-refractivity contribution < 1.29 is 0 Å². The highest BCUT2D eigenvalue weighted by atomic mass is 15.3. The second-order valence-electron chi connectivity index (χ2n) is 7.23. The van der Waals surface area contributed by atoms with Crippen molar-refractivity contribution in [2.24, 2.45) is 5.41 Å². The summed E-state index contributed by atoms with van der Waals surface area (Å²) < 4.78 is 2.40. The SMILES string of the molecule is CCN1CCCC1n1c(CC(C)(C)C)nc2cccnc21. The van der Waals surface area contributed by atoms with Crippen LogP contribution >= 0.6 is 0 Å². The van der Waals surface area contributed by atoms with Crippen LogP contribution in [0.3, 0.4) is 0 Å². The molecule has 4 heteroatoms. The number of pyridine rings is 1. The van der Waals surface area contributed by atoms with Crippen LogP contribution in [-0.2, 0) is 6.42 Å². The minimum absolute atomic E-state index is 0.231. The Bertz CT molecular complexity index is 623. The molecule has 1 saturated heterocycles. The van der Waals surface area contributed by atoms with Gasteiger partial charge in [-0.3, -0.25) is 9.47 Å². The van der Waals surface area contributed by atoms with Gasteiger partial charge in [0.2, 0.25) is 0 Å². The summed E-state index contributed by atoms with van der Waals surface area (Å²) in [7, 11) is 0. The number of rotatable bonds is 3. The van der Waals surface area contributed by atoms with Crippen molar-refractivity contribution in [3.05, 3.63) is 24.2 Å². The molecule has 0 saturated carbocycles. The molecule has 114 valence electrons. The van der Waals surface area contributed by atoms with E-state index in [0.717, 1.165) is 24.1 Å². The van der Waals surface area contributed by atoms with Gasteiger partial charge in [-0.2, -0.15) is 0 Å². The lowest BCUT2D eigenvalue weighted by Gasteiger charge is -2.27. The monoisotopic (exact) mass is 286 g/mol. The third kappa shape index (κ3) is 2.82. The van der Waals surface area contributed by atoms with Crippen molar-refractivity contribution in [3.8, 4) is 0 Å². The van der Waals surface area contributed by atoms with Gasteiger partial charge in [0.15, 0.2) is 5.65 Å². The van der Waals surface area contributed by atoms with Crippen LogP contribution in [0.4, 0.5) is 0 Å². The Labute approximate surface area is 127 Å². The zero-order chi connectivity index (χ0) is 15.0. The molecule has 2 aromatic rings. The number of likely N-dealkylation sites (tertiary alicyclic amines) is 1. The lowest BCUT2D eigenvalue weighted by atomic mass is 9.92. The standard InChI is InChI=1S/C17H26N4/c1-5-20-11-7-9-15(20)21-14(12-17(2,3)4)19-13-8-6-10-18-16(13)21/h6,8,10,15H,5,7,9,11-12H2,1-4H3. The van der Waals surface area contributed by atoms with Gasteiger partial charge >= 0.3 is 0 Å². The number of nitrogens with zero attached hydrogens (tertiary/aromatic N) is 4. The zero-order valence-electron chi connectivity index (χ0n) is 13.6. The smallest absolute Gasteiger partial charge is 0.161 e. The number of hydrogen-bond acceptors (Lipinski definition) is 3. The van der Waals surface area contributed by atoms with Crippen molar-refractivity contribution >= 4 is 11.2 Å². The van der Waals surface area contributed by atoms with Crippen LogP contribution in [0.5, 0.6) is 0 Å². The summed E-state index contributed by atoms with van der Waals surface area (Å²) in [5.41, 5.74) is 2.30. The first-order chi connectivity index (χ1) is 9.99. The largest absolute Gasteiger partial charge is 0.296 e. The molecule has 1 atom stereocenters. The number of hydrogen-bond donors (Lipinski definition) is 0. The molecule has 0 N–H and O–H groups in total. The Morgan fingerprint density at radius 1 is 1.33 bits per heavy atom. The zero-order valence-corrected chi connectivity index (χ0v) is 13.6. The van der Waals surface area contributed by atoms with Gasteiger partial charge in [-0.1, -0.05) is 27.7 Å². The maximum atomic E-state index is 4.89. The molecule has 1 aliphatic rings. The van der Waals surface area contributed by atoms with Crippen LogP contribution in [0.2, 0.25) is 0 Å². The maximum absolute atomic E-state index is 4.89. The van der Waals surface area contributed by atoms with Gasteiger partial charge < -0.3 is 0 Å². The molecule has 0 aliphatic carbocycles. The molecule has 0 radical (unpaired) electrons. The Balaban J connectivity index is 2.11. The summed E-state index contributed by atoms with van der Waals surface area (Å²) in [5, 5.41) is 0. The van der Waals surface area contributed by atoms with Crippen LogP contribution < -0.4 is 0 Å². The summed E-state index contributed by atoms with van der Waals surface area (Å²) in [4.78, 5) is 12.0. The van der Waals surface area contributed by atoms with Gasteiger partial charge in [-0.05, 0) is 36.9 Å². The number of aromatic nitrogens is 3. The van der Waals surface area contributed by atoms with Crippen LogP contribution in [0.15, 0.2) is 18.3 Å². The molecule has 1 unspecified atom stereocenters. The summed E-state index contributed by atoms with van der Waals surface area (Å²) in [5.74, 6) is 1.18. The average Bonchev–Trinajstić information content (AvgIpc) is 2.99. The van der Waals surface area contributed by atoms with E-state index in [9.17, 15) is 0 Å². The van der Waals surface area contributed by atoms with Gasteiger partial charge in [0, 0.05) is 19.2 Å². The molecule has 0 aromatic carbocycles. The topological polar surface area (TPSA) is 34.0 Å². The van der Waals surface area contributed by atoms with Crippen LogP contribution in [0, 0.1) is 5.41 Å². The van der Waals surface area contributed by atoms with Gasteiger partial charge in [0.05, 0.1) is 6.17 Å². The average molecular weight is 286 g/mol. The van der Waals surface area contributed by atoms with Gasteiger partial charge in [-0.15, -0.1) is 0 Å². The third-order valence-corrected chi connectivity index (χ3v) is 4.24. The van der Waals surface area contributed by atoms with Crippen molar-refractivity contribution in [2.45, 2.75) is 53.1 Å². The molecule has 0 amide bonds. The number of imidazole rings is 1. The minimum atomic E-state index is 0.231. The lowest BCUT2D eigenvalue weighted by Crippen LogP contribution is -2.29. The van der Waals surface area contributed by atoms with Crippen molar-refractivity contribution in [1.29, 1.82) is 0 Å². The van der Waals surface area contributed by atoms with E-state index < -0.39 is 0 Å². The van der Waals surface area contributed by atoms with E-state index in [-0.39, 0.29) is 5.41 Å². The molecule has 21 heavy (non-hydrogen) atoms. The van der Waals surface area contributed by atoms with E-state index in [2.05, 4.69) is 48.2 Å². The minimum Gasteiger partial charge on any atom is -0.296 e. The van der Waals surface area contributed by atoms with E-state index >= 15 is 0 Å². The molecule has 3 rings (SSSR count). The van der Waals surface area contributed by atoms with Crippen molar-refractivity contribution in [3.63, 3.8) is 0 Å². The molecule has 3 heterocycles. The molecule has 1 fully saturated rings. The highest BCUT2D eigenvalue weighted by Crippen LogP contribution is 2.32. The van der Waals surface area contributed by atoms with E-state index in [0.29, 0.717) is 6.17 Å². The molecule has 0 spiro atoms. The van der Waals surface area contributed by atoms with Crippen molar-refractivity contribution in [1.82, 2.24) is 19.4 Å². The highest BCUT2D eigenvalue weighted by Gasteiger charge is 2.29. The normalized spacial score (nSPS) is 20.5. The van der Waals surface area contributed by atoms with E-state index in [1.54, 1.807) is 0 Å². The molecule has 4 nitrogen and oxygen atoms in total. The van der Waals surface area contributed by atoms with Crippen LogP contribution in [0.25, 0.3) is 11.2 Å². The number of fused-ring (bicyclic) bond motifs is 1. The van der Waals surface area contributed by atoms with E-state index in [1.807, 2.05) is 12.3 Å². The van der Waals surface area contributed by atoms with E-state index in [4.69, 9.17) is 4.98 Å². The summed E-state index contributed by atoms with van der Waals surface area (Å²) in [6, 6.07) is 4.06. The fraction of sp³-hybridized carbons (Fsp3) is 0.647. The predicted octanol–water partition coefficient (Wildman–Crippen LogP) is 3.63. The summed E-state index contributed by atoms with van der Waals surface area (Å²) >= 11 is 0. The lowest BCUT2D eigenvalue weighted by molar-refractivity contribution is 0.200. The Hall–Kier alpha value is -1.42. The Morgan fingerprint density at radius 3 is 2.86 bits per heavy atom. The third-order valence-electron chi connectivity index (χ3n) is 4.24.